The molecule has 2 heterocycles. The summed E-state index contributed by atoms with van der Waals surface area (Å²) in [5.74, 6) is -0.232. The summed E-state index contributed by atoms with van der Waals surface area (Å²) in [5, 5.41) is 17.7. The predicted molar refractivity (Wildman–Crippen MR) is 94.9 cm³/mol. The van der Waals surface area contributed by atoms with E-state index in [1.165, 1.54) is 27.9 Å². The van der Waals surface area contributed by atoms with E-state index in [0.717, 1.165) is 24.1 Å². The largest absolute Gasteiger partial charge is 0.300 e. The van der Waals surface area contributed by atoms with E-state index < -0.39 is 0 Å². The highest BCUT2D eigenvalue weighted by molar-refractivity contribution is 7.14. The van der Waals surface area contributed by atoms with Gasteiger partial charge in [0.25, 0.3) is 5.82 Å². The Kier molecular flexibility index (Phi) is 5.16. The van der Waals surface area contributed by atoms with E-state index in [1.54, 1.807) is 0 Å². The molecule has 0 spiro atoms. The molecular weight excluding hydrogens is 336 g/mol. The first kappa shape index (κ1) is 16.8. The zero-order chi connectivity index (χ0) is 17.6. The molecule has 0 radical (unpaired) electrons. The lowest BCUT2D eigenvalue weighted by Gasteiger charge is -2.02. The molecule has 8 heteroatoms. The van der Waals surface area contributed by atoms with Crippen molar-refractivity contribution < 1.29 is 4.79 Å². The highest BCUT2D eigenvalue weighted by atomic mass is 32.1. The van der Waals surface area contributed by atoms with Crippen LogP contribution in [0, 0.1) is 11.3 Å². The summed E-state index contributed by atoms with van der Waals surface area (Å²) in [6.45, 7) is 2.14. The number of rotatable bonds is 6. The topological polar surface area (TPSA) is 96.5 Å². The molecule has 0 saturated carbocycles. The molecule has 7 nitrogen and oxygen atoms in total. The van der Waals surface area contributed by atoms with E-state index >= 15 is 0 Å². The molecule has 126 valence electrons. The van der Waals surface area contributed by atoms with Gasteiger partial charge in [-0.25, -0.2) is 14.6 Å². The minimum absolute atomic E-state index is 0.0185. The SMILES string of the molecule is CCCc1ccc(-c2csc(NC(=O)Cn3cnc(C#N)n3)n2)cc1. The van der Waals surface area contributed by atoms with Gasteiger partial charge < -0.3 is 5.32 Å². The Balaban J connectivity index is 1.62. The van der Waals surface area contributed by atoms with Crippen LogP contribution in [0.3, 0.4) is 0 Å². The molecule has 0 aliphatic heterocycles. The molecule has 0 atom stereocenters. The van der Waals surface area contributed by atoms with E-state index in [0.29, 0.717) is 5.13 Å². The maximum absolute atomic E-state index is 12.0. The number of nitriles is 1. The first-order valence-electron chi connectivity index (χ1n) is 7.82. The van der Waals surface area contributed by atoms with Crippen molar-refractivity contribution in [1.29, 1.82) is 5.26 Å². The third-order valence-electron chi connectivity index (χ3n) is 3.48. The van der Waals surface area contributed by atoms with Crippen molar-refractivity contribution in [2.24, 2.45) is 0 Å². The van der Waals surface area contributed by atoms with E-state index in [4.69, 9.17) is 5.26 Å². The summed E-state index contributed by atoms with van der Waals surface area (Å²) >= 11 is 1.37. The van der Waals surface area contributed by atoms with Crippen LogP contribution in [0.15, 0.2) is 36.0 Å². The van der Waals surface area contributed by atoms with Crippen molar-refractivity contribution in [3.63, 3.8) is 0 Å². The van der Waals surface area contributed by atoms with Gasteiger partial charge in [-0.15, -0.1) is 16.4 Å². The van der Waals surface area contributed by atoms with Crippen molar-refractivity contribution in [3.8, 4) is 17.3 Å². The zero-order valence-electron chi connectivity index (χ0n) is 13.6. The minimum atomic E-state index is -0.270. The number of hydrogen-bond donors (Lipinski definition) is 1. The summed E-state index contributed by atoms with van der Waals surface area (Å²) in [6.07, 6.45) is 3.53. The van der Waals surface area contributed by atoms with Crippen LogP contribution in [0.1, 0.15) is 24.7 Å². The standard InChI is InChI=1S/C17H16N6OS/c1-2-3-12-4-6-13(7-5-12)14-10-25-17(20-14)21-16(24)9-23-11-19-15(8-18)22-23/h4-7,10-11H,2-3,9H2,1H3,(H,20,21,24). The normalized spacial score (nSPS) is 10.4. The molecule has 0 unspecified atom stereocenters. The zero-order valence-corrected chi connectivity index (χ0v) is 14.5. The maximum Gasteiger partial charge on any atom is 0.252 e. The quantitative estimate of drug-likeness (QED) is 0.736. The van der Waals surface area contributed by atoms with Crippen LogP contribution in [0.25, 0.3) is 11.3 Å². The van der Waals surface area contributed by atoms with Gasteiger partial charge in [-0.2, -0.15) is 5.26 Å². The van der Waals surface area contributed by atoms with Gasteiger partial charge in [0.1, 0.15) is 18.9 Å². The summed E-state index contributed by atoms with van der Waals surface area (Å²) in [6, 6.07) is 10.1. The monoisotopic (exact) mass is 352 g/mol. The fourth-order valence-electron chi connectivity index (χ4n) is 2.32. The number of carbonyl (C=O) groups excluding carboxylic acids is 1. The van der Waals surface area contributed by atoms with Crippen molar-refractivity contribution >= 4 is 22.4 Å². The predicted octanol–water partition coefficient (Wildman–Crippen LogP) is 2.86. The van der Waals surface area contributed by atoms with Gasteiger partial charge in [0.05, 0.1) is 5.69 Å². The molecule has 1 aromatic carbocycles. The number of nitrogens with one attached hydrogen (secondary N) is 1. The van der Waals surface area contributed by atoms with Crippen molar-refractivity contribution in [2.75, 3.05) is 5.32 Å². The Hall–Kier alpha value is -3.05. The average molecular weight is 352 g/mol. The molecule has 0 bridgehead atoms. The molecule has 1 amide bonds. The molecule has 2 aromatic heterocycles. The fourth-order valence-corrected chi connectivity index (χ4v) is 3.06. The van der Waals surface area contributed by atoms with Crippen molar-refractivity contribution in [3.05, 3.63) is 47.4 Å². The Morgan fingerprint density at radius 3 is 2.84 bits per heavy atom. The van der Waals surface area contributed by atoms with Crippen LogP contribution < -0.4 is 5.32 Å². The second-order valence-electron chi connectivity index (χ2n) is 5.41. The molecule has 0 saturated heterocycles. The third-order valence-corrected chi connectivity index (χ3v) is 4.24. The van der Waals surface area contributed by atoms with Crippen molar-refractivity contribution in [1.82, 2.24) is 19.7 Å². The van der Waals surface area contributed by atoms with Gasteiger partial charge in [0, 0.05) is 10.9 Å². The Morgan fingerprint density at radius 2 is 2.16 bits per heavy atom. The van der Waals surface area contributed by atoms with Crippen molar-refractivity contribution in [2.45, 2.75) is 26.3 Å². The number of nitrogens with zero attached hydrogens (tertiary/aromatic N) is 5. The van der Waals surface area contributed by atoms with E-state index in [9.17, 15) is 4.79 Å². The van der Waals surface area contributed by atoms with Gasteiger partial charge in [-0.1, -0.05) is 37.6 Å². The molecule has 0 aliphatic rings. The third kappa shape index (κ3) is 4.28. The molecule has 25 heavy (non-hydrogen) atoms. The molecule has 0 fully saturated rings. The summed E-state index contributed by atoms with van der Waals surface area (Å²) in [7, 11) is 0. The lowest BCUT2D eigenvalue weighted by atomic mass is 10.1. The van der Waals surface area contributed by atoms with E-state index in [1.807, 2.05) is 23.6 Å². The second kappa shape index (κ2) is 7.68. The Bertz CT molecular complexity index is 906. The molecule has 3 rings (SSSR count). The number of anilines is 1. The first-order chi connectivity index (χ1) is 12.2. The van der Waals surface area contributed by atoms with Gasteiger partial charge in [0.2, 0.25) is 5.91 Å². The van der Waals surface area contributed by atoms with Crippen LogP contribution >= 0.6 is 11.3 Å². The second-order valence-corrected chi connectivity index (χ2v) is 6.27. The highest BCUT2D eigenvalue weighted by Crippen LogP contribution is 2.25. The lowest BCUT2D eigenvalue weighted by Crippen LogP contribution is -2.19. The molecule has 1 N–H and O–H groups in total. The van der Waals surface area contributed by atoms with E-state index in [-0.39, 0.29) is 18.3 Å². The molecule has 3 aromatic rings. The number of amides is 1. The number of hydrogen-bond acceptors (Lipinski definition) is 6. The number of aryl methyl sites for hydroxylation is 1. The minimum Gasteiger partial charge on any atom is -0.300 e. The number of benzene rings is 1. The van der Waals surface area contributed by atoms with Gasteiger partial charge in [-0.05, 0) is 12.0 Å². The maximum atomic E-state index is 12.0. The Morgan fingerprint density at radius 1 is 1.36 bits per heavy atom. The smallest absolute Gasteiger partial charge is 0.252 e. The first-order valence-corrected chi connectivity index (χ1v) is 8.70. The van der Waals surface area contributed by atoms with Crippen LogP contribution in [0.4, 0.5) is 5.13 Å². The summed E-state index contributed by atoms with van der Waals surface area (Å²) < 4.78 is 1.31. The Labute approximate surface area is 149 Å². The van der Waals surface area contributed by atoms with Gasteiger partial charge in [-0.3, -0.25) is 4.79 Å². The number of aromatic nitrogens is 4. The average Bonchev–Trinajstić information content (AvgIpc) is 3.25. The van der Waals surface area contributed by atoms with Gasteiger partial charge in [0.15, 0.2) is 5.13 Å². The molecular formula is C17H16N6OS. The summed E-state index contributed by atoms with van der Waals surface area (Å²) in [5.41, 5.74) is 3.15. The summed E-state index contributed by atoms with van der Waals surface area (Å²) in [4.78, 5) is 20.2. The number of thiazole rings is 1. The van der Waals surface area contributed by atoms with Crippen LogP contribution in [-0.4, -0.2) is 25.7 Å². The van der Waals surface area contributed by atoms with Crippen LogP contribution in [-0.2, 0) is 17.8 Å². The van der Waals surface area contributed by atoms with E-state index in [2.05, 4.69) is 39.4 Å². The highest BCUT2D eigenvalue weighted by Gasteiger charge is 2.10. The van der Waals surface area contributed by atoms with Gasteiger partial charge >= 0.3 is 0 Å². The fraction of sp³-hybridized carbons (Fsp3) is 0.235. The number of carbonyl (C=O) groups is 1. The lowest BCUT2D eigenvalue weighted by molar-refractivity contribution is -0.116. The van der Waals surface area contributed by atoms with Crippen LogP contribution in [0.2, 0.25) is 0 Å². The van der Waals surface area contributed by atoms with Crippen LogP contribution in [0.5, 0.6) is 0 Å². The molecule has 0 aliphatic carbocycles.